The predicted molar refractivity (Wildman–Crippen MR) is 72.8 cm³/mol. The number of ether oxygens (including phenoxy) is 1. The van der Waals surface area contributed by atoms with E-state index in [1.54, 1.807) is 7.11 Å². The van der Waals surface area contributed by atoms with Gasteiger partial charge in [-0.05, 0) is 32.8 Å². The zero-order chi connectivity index (χ0) is 12.4. The summed E-state index contributed by atoms with van der Waals surface area (Å²) in [6, 6.07) is 9.77. The van der Waals surface area contributed by atoms with Crippen molar-refractivity contribution in [3.8, 4) is 5.75 Å². The summed E-state index contributed by atoms with van der Waals surface area (Å²) in [5, 5.41) is 1.98. The number of rotatable bonds is 3. The summed E-state index contributed by atoms with van der Waals surface area (Å²) in [5.41, 5.74) is 0.711. The molecule has 0 aliphatic rings. The van der Waals surface area contributed by atoms with Gasteiger partial charge in [0.05, 0.1) is 11.6 Å². The van der Waals surface area contributed by atoms with Crippen molar-refractivity contribution < 1.29 is 9.53 Å². The van der Waals surface area contributed by atoms with Crippen LogP contribution in [-0.4, -0.2) is 12.9 Å². The van der Waals surface area contributed by atoms with Crippen molar-refractivity contribution >= 4 is 32.5 Å². The fourth-order valence-electron chi connectivity index (χ4n) is 1.89. The molecule has 0 heterocycles. The molecule has 0 saturated heterocycles. The molecule has 0 amide bonds. The van der Waals surface area contributed by atoms with Crippen LogP contribution in [0, 0.1) is 0 Å². The number of benzene rings is 2. The van der Waals surface area contributed by atoms with Gasteiger partial charge in [-0.2, -0.15) is 0 Å². The Labute approximate surface area is 109 Å². The average Bonchev–Trinajstić information content (AvgIpc) is 2.37. The van der Waals surface area contributed by atoms with Crippen LogP contribution in [0.1, 0.15) is 23.7 Å². The number of carbonyl (C=O) groups is 1. The Morgan fingerprint density at radius 2 is 2.06 bits per heavy atom. The van der Waals surface area contributed by atoms with Crippen molar-refractivity contribution in [3.05, 3.63) is 40.4 Å². The number of methoxy groups -OCH3 is 1. The summed E-state index contributed by atoms with van der Waals surface area (Å²) in [6.45, 7) is 1.86. The van der Waals surface area contributed by atoms with Crippen LogP contribution in [-0.2, 0) is 0 Å². The third kappa shape index (κ3) is 2.07. The van der Waals surface area contributed by atoms with Crippen molar-refractivity contribution in [1.29, 1.82) is 0 Å². The Kier molecular flexibility index (Phi) is 3.48. The number of Topliss-reactive ketones (excluding diaryl/α,β-unsaturated/α-hetero) is 1. The molecule has 0 fully saturated rings. The maximum atomic E-state index is 12.0. The minimum atomic E-state index is 0.118. The highest BCUT2D eigenvalue weighted by Gasteiger charge is 2.16. The molecule has 2 aromatic carbocycles. The van der Waals surface area contributed by atoms with E-state index in [-0.39, 0.29) is 5.78 Å². The Morgan fingerprint density at radius 3 is 2.71 bits per heavy atom. The normalized spacial score (nSPS) is 10.5. The molecule has 0 bridgehead atoms. The quantitative estimate of drug-likeness (QED) is 0.793. The van der Waals surface area contributed by atoms with Crippen molar-refractivity contribution in [1.82, 2.24) is 0 Å². The molecule has 2 rings (SSSR count). The number of fused-ring (bicyclic) bond motifs is 1. The molecule has 3 heteroatoms. The maximum absolute atomic E-state index is 12.0. The topological polar surface area (TPSA) is 26.3 Å². The Balaban J connectivity index is 2.84. The van der Waals surface area contributed by atoms with Crippen LogP contribution in [0.2, 0.25) is 0 Å². The summed E-state index contributed by atoms with van der Waals surface area (Å²) in [4.78, 5) is 12.0. The van der Waals surface area contributed by atoms with Gasteiger partial charge >= 0.3 is 0 Å². The minimum absolute atomic E-state index is 0.118. The van der Waals surface area contributed by atoms with Crippen LogP contribution >= 0.6 is 15.9 Å². The van der Waals surface area contributed by atoms with Crippen LogP contribution in [0.3, 0.4) is 0 Å². The number of ketones is 1. The first kappa shape index (κ1) is 12.1. The molecule has 0 aliphatic carbocycles. The monoisotopic (exact) mass is 292 g/mol. The molecular weight excluding hydrogens is 280 g/mol. The maximum Gasteiger partial charge on any atom is 0.164 e. The lowest BCUT2D eigenvalue weighted by molar-refractivity contribution is 0.0988. The fourth-order valence-corrected chi connectivity index (χ4v) is 2.61. The van der Waals surface area contributed by atoms with Gasteiger partial charge in [-0.1, -0.05) is 31.2 Å². The highest BCUT2D eigenvalue weighted by Crippen LogP contribution is 2.35. The Hall–Kier alpha value is -1.35. The highest BCUT2D eigenvalue weighted by molar-refractivity contribution is 9.10. The van der Waals surface area contributed by atoms with Gasteiger partial charge in [-0.25, -0.2) is 0 Å². The largest absolute Gasteiger partial charge is 0.496 e. The summed E-state index contributed by atoms with van der Waals surface area (Å²) >= 11 is 3.46. The minimum Gasteiger partial charge on any atom is -0.496 e. The van der Waals surface area contributed by atoms with Crippen LogP contribution in [0.5, 0.6) is 5.75 Å². The summed E-state index contributed by atoms with van der Waals surface area (Å²) < 4.78 is 6.03. The van der Waals surface area contributed by atoms with E-state index in [2.05, 4.69) is 15.9 Å². The summed E-state index contributed by atoms with van der Waals surface area (Å²) in [7, 11) is 1.61. The van der Waals surface area contributed by atoms with E-state index >= 15 is 0 Å². The fraction of sp³-hybridized carbons (Fsp3) is 0.214. The molecule has 88 valence electrons. The lowest BCUT2D eigenvalue weighted by atomic mass is 9.99. The van der Waals surface area contributed by atoms with Crippen LogP contribution in [0.15, 0.2) is 34.8 Å². The number of hydrogen-bond acceptors (Lipinski definition) is 2. The second-order valence-electron chi connectivity index (χ2n) is 3.77. The third-order valence-corrected chi connectivity index (χ3v) is 3.56. The van der Waals surface area contributed by atoms with E-state index in [1.165, 1.54) is 0 Å². The van der Waals surface area contributed by atoms with E-state index in [0.29, 0.717) is 17.7 Å². The van der Waals surface area contributed by atoms with Crippen LogP contribution in [0.4, 0.5) is 0 Å². The van der Waals surface area contributed by atoms with Crippen molar-refractivity contribution in [2.45, 2.75) is 13.3 Å². The lowest BCUT2D eigenvalue weighted by Crippen LogP contribution is -2.01. The van der Waals surface area contributed by atoms with E-state index in [4.69, 9.17) is 4.74 Å². The summed E-state index contributed by atoms with van der Waals surface area (Å²) in [5.74, 6) is 0.812. The Morgan fingerprint density at radius 1 is 1.35 bits per heavy atom. The molecule has 0 N–H and O–H groups in total. The first-order chi connectivity index (χ1) is 8.19. The van der Waals surface area contributed by atoms with Gasteiger partial charge in [0.2, 0.25) is 0 Å². The first-order valence-electron chi connectivity index (χ1n) is 5.47. The van der Waals surface area contributed by atoms with Gasteiger partial charge in [0.1, 0.15) is 5.75 Å². The van der Waals surface area contributed by atoms with E-state index in [1.807, 2.05) is 37.3 Å². The SMILES string of the molecule is CCC(=O)c1c(Br)c(OC)cc2ccccc12. The molecule has 0 aromatic heterocycles. The molecule has 17 heavy (non-hydrogen) atoms. The molecule has 2 aromatic rings. The van der Waals surface area contributed by atoms with Crippen LogP contribution in [0.25, 0.3) is 10.8 Å². The van der Waals surface area contributed by atoms with Crippen molar-refractivity contribution in [2.75, 3.05) is 7.11 Å². The molecule has 0 aliphatic heterocycles. The standard InChI is InChI=1S/C14H13BrO2/c1-3-11(16)13-10-7-5-4-6-9(10)8-12(17-2)14(13)15/h4-8H,3H2,1-2H3. The predicted octanol–water partition coefficient (Wildman–Crippen LogP) is 4.20. The van der Waals surface area contributed by atoms with E-state index < -0.39 is 0 Å². The van der Waals surface area contributed by atoms with Gasteiger partial charge in [0.15, 0.2) is 5.78 Å². The number of hydrogen-bond donors (Lipinski definition) is 0. The second kappa shape index (κ2) is 4.88. The van der Waals surface area contributed by atoms with Gasteiger partial charge in [-0.15, -0.1) is 0 Å². The zero-order valence-electron chi connectivity index (χ0n) is 9.79. The zero-order valence-corrected chi connectivity index (χ0v) is 11.4. The molecule has 0 unspecified atom stereocenters. The van der Waals surface area contributed by atoms with E-state index in [9.17, 15) is 4.79 Å². The molecule has 0 saturated carbocycles. The lowest BCUT2D eigenvalue weighted by Gasteiger charge is -2.11. The number of halogens is 1. The number of carbonyl (C=O) groups excluding carboxylic acids is 1. The summed E-state index contributed by atoms with van der Waals surface area (Å²) in [6.07, 6.45) is 0.482. The van der Waals surface area contributed by atoms with Gasteiger partial charge in [0.25, 0.3) is 0 Å². The van der Waals surface area contributed by atoms with Gasteiger partial charge < -0.3 is 4.74 Å². The molecular formula is C14H13BrO2. The second-order valence-corrected chi connectivity index (χ2v) is 4.56. The van der Waals surface area contributed by atoms with Gasteiger partial charge in [-0.3, -0.25) is 4.79 Å². The highest BCUT2D eigenvalue weighted by atomic mass is 79.9. The Bertz CT molecular complexity index is 576. The third-order valence-electron chi connectivity index (χ3n) is 2.77. The van der Waals surface area contributed by atoms with Gasteiger partial charge in [0, 0.05) is 12.0 Å². The van der Waals surface area contributed by atoms with Crippen molar-refractivity contribution in [2.24, 2.45) is 0 Å². The molecule has 0 radical (unpaired) electrons. The molecule has 2 nitrogen and oxygen atoms in total. The van der Waals surface area contributed by atoms with Crippen molar-refractivity contribution in [3.63, 3.8) is 0 Å². The molecule has 0 atom stereocenters. The van der Waals surface area contributed by atoms with E-state index in [0.717, 1.165) is 15.2 Å². The molecule has 0 spiro atoms. The smallest absolute Gasteiger partial charge is 0.164 e. The van der Waals surface area contributed by atoms with Crippen LogP contribution < -0.4 is 4.74 Å². The average molecular weight is 293 g/mol. The first-order valence-corrected chi connectivity index (χ1v) is 6.26.